The Balaban J connectivity index is 2.14. The van der Waals surface area contributed by atoms with Gasteiger partial charge in [0.05, 0.1) is 11.1 Å². The van der Waals surface area contributed by atoms with Gasteiger partial charge in [-0.25, -0.2) is 13.1 Å². The number of benzene rings is 1. The molecule has 1 aromatic heterocycles. The lowest BCUT2D eigenvalue weighted by molar-refractivity contribution is 0.490. The minimum atomic E-state index is -3.57. The lowest BCUT2D eigenvalue weighted by Gasteiger charge is -2.22. The quantitative estimate of drug-likeness (QED) is 0.721. The molecule has 0 saturated heterocycles. The Kier molecular flexibility index (Phi) is 5.95. The summed E-state index contributed by atoms with van der Waals surface area (Å²) in [6, 6.07) is 7.08. The lowest BCUT2D eigenvalue weighted by Crippen LogP contribution is -2.40. The van der Waals surface area contributed by atoms with Gasteiger partial charge in [0.2, 0.25) is 10.0 Å². The van der Waals surface area contributed by atoms with E-state index in [0.29, 0.717) is 18.0 Å². The summed E-state index contributed by atoms with van der Waals surface area (Å²) in [7, 11) is -3.57. The molecule has 3 N–H and O–H groups in total. The molecule has 2 rings (SSSR count). The molecule has 0 aliphatic heterocycles. The molecule has 2 aromatic rings. The number of aromatic amines is 1. The predicted octanol–water partition coefficient (Wildman–Crippen LogP) is 3.07. The molecule has 0 radical (unpaired) electrons. The second kappa shape index (κ2) is 7.50. The number of hydrogen-bond acceptors (Lipinski definition) is 4. The van der Waals surface area contributed by atoms with E-state index in [9.17, 15) is 8.42 Å². The van der Waals surface area contributed by atoms with E-state index < -0.39 is 15.6 Å². The van der Waals surface area contributed by atoms with E-state index >= 15 is 0 Å². The average Bonchev–Trinajstić information content (AvgIpc) is 2.94. The van der Waals surface area contributed by atoms with Gasteiger partial charge in [-0.05, 0) is 32.4 Å². The van der Waals surface area contributed by atoms with Crippen LogP contribution in [0.3, 0.4) is 0 Å². The van der Waals surface area contributed by atoms with E-state index in [1.54, 1.807) is 12.1 Å². The number of H-pyrrole nitrogens is 1. The van der Waals surface area contributed by atoms with E-state index in [4.69, 9.17) is 0 Å². The standard InChI is InChI=1S/C19H30N4O2S/c1-18(2,3)17-15(13-21-22-17)12-20-11-14-9-7-8-10-16(14)26(24,25)23-19(4,5)6/h7-10,13,20,23H,11-12H2,1-6H3,(H,21,22). The fraction of sp³-hybridized carbons (Fsp3) is 0.526. The molecule has 0 bridgehead atoms. The molecule has 0 aliphatic carbocycles. The van der Waals surface area contributed by atoms with Crippen molar-refractivity contribution in [3.05, 3.63) is 47.3 Å². The summed E-state index contributed by atoms with van der Waals surface area (Å²) in [5, 5.41) is 10.5. The van der Waals surface area contributed by atoms with Gasteiger partial charge in [0, 0.05) is 35.3 Å². The molecule has 6 nitrogen and oxygen atoms in total. The highest BCUT2D eigenvalue weighted by Gasteiger charge is 2.24. The van der Waals surface area contributed by atoms with Crippen molar-refractivity contribution in [2.24, 2.45) is 0 Å². The Hall–Kier alpha value is -1.70. The molecule has 144 valence electrons. The first-order valence-electron chi connectivity index (χ1n) is 8.75. The van der Waals surface area contributed by atoms with E-state index in [-0.39, 0.29) is 5.41 Å². The van der Waals surface area contributed by atoms with Gasteiger partial charge < -0.3 is 5.32 Å². The van der Waals surface area contributed by atoms with Crippen LogP contribution in [-0.4, -0.2) is 24.2 Å². The molecule has 0 unspecified atom stereocenters. The van der Waals surface area contributed by atoms with Crippen LogP contribution < -0.4 is 10.0 Å². The molecule has 26 heavy (non-hydrogen) atoms. The van der Waals surface area contributed by atoms with Crippen molar-refractivity contribution in [3.8, 4) is 0 Å². The second-order valence-corrected chi connectivity index (χ2v) is 10.2. The van der Waals surface area contributed by atoms with Crippen LogP contribution >= 0.6 is 0 Å². The van der Waals surface area contributed by atoms with Gasteiger partial charge in [-0.3, -0.25) is 5.10 Å². The van der Waals surface area contributed by atoms with Crippen LogP contribution in [0.1, 0.15) is 58.4 Å². The minimum absolute atomic E-state index is 0.0224. The zero-order chi connectivity index (χ0) is 19.6. The maximum Gasteiger partial charge on any atom is 0.241 e. The third-order valence-corrected chi connectivity index (χ3v) is 5.66. The van der Waals surface area contributed by atoms with Crippen LogP contribution in [0.4, 0.5) is 0 Å². The van der Waals surface area contributed by atoms with Crippen molar-refractivity contribution >= 4 is 10.0 Å². The van der Waals surface area contributed by atoms with Crippen LogP contribution in [0.25, 0.3) is 0 Å². The zero-order valence-corrected chi connectivity index (χ0v) is 17.3. The zero-order valence-electron chi connectivity index (χ0n) is 16.5. The van der Waals surface area contributed by atoms with Crippen LogP contribution in [-0.2, 0) is 28.5 Å². The van der Waals surface area contributed by atoms with E-state index in [1.165, 1.54) is 0 Å². The van der Waals surface area contributed by atoms with Crippen LogP contribution in [0.15, 0.2) is 35.4 Å². The highest BCUT2D eigenvalue weighted by molar-refractivity contribution is 7.89. The van der Waals surface area contributed by atoms with Gasteiger partial charge in [0.1, 0.15) is 0 Å². The number of aromatic nitrogens is 2. The predicted molar refractivity (Wildman–Crippen MR) is 104 cm³/mol. The summed E-state index contributed by atoms with van der Waals surface area (Å²) < 4.78 is 28.1. The van der Waals surface area contributed by atoms with Crippen molar-refractivity contribution in [1.29, 1.82) is 0 Å². The third-order valence-electron chi connectivity index (χ3n) is 3.80. The van der Waals surface area contributed by atoms with Crippen molar-refractivity contribution in [3.63, 3.8) is 0 Å². The lowest BCUT2D eigenvalue weighted by atomic mass is 9.89. The monoisotopic (exact) mass is 378 g/mol. The van der Waals surface area contributed by atoms with Gasteiger partial charge >= 0.3 is 0 Å². The van der Waals surface area contributed by atoms with Gasteiger partial charge in [-0.1, -0.05) is 39.0 Å². The highest BCUT2D eigenvalue weighted by Crippen LogP contribution is 2.23. The Morgan fingerprint density at radius 1 is 1.00 bits per heavy atom. The second-order valence-electron chi connectivity index (χ2n) is 8.59. The van der Waals surface area contributed by atoms with Crippen molar-refractivity contribution < 1.29 is 8.42 Å². The molecule has 1 aromatic carbocycles. The first kappa shape index (κ1) is 20.6. The van der Waals surface area contributed by atoms with E-state index in [1.807, 2.05) is 39.1 Å². The van der Waals surface area contributed by atoms with Crippen LogP contribution in [0.2, 0.25) is 0 Å². The smallest absolute Gasteiger partial charge is 0.241 e. The number of nitrogens with one attached hydrogen (secondary N) is 3. The largest absolute Gasteiger partial charge is 0.308 e. The number of hydrogen-bond donors (Lipinski definition) is 3. The van der Waals surface area contributed by atoms with Crippen molar-refractivity contribution in [1.82, 2.24) is 20.2 Å². The maximum absolute atomic E-state index is 12.7. The normalized spacial score (nSPS) is 13.2. The molecule has 0 saturated carbocycles. The average molecular weight is 379 g/mol. The Bertz CT molecular complexity index is 843. The Morgan fingerprint density at radius 2 is 1.62 bits per heavy atom. The van der Waals surface area contributed by atoms with Gasteiger partial charge in [0.25, 0.3) is 0 Å². The summed E-state index contributed by atoms with van der Waals surface area (Å²) in [5.41, 5.74) is 2.36. The molecule has 0 amide bonds. The first-order chi connectivity index (χ1) is 11.9. The van der Waals surface area contributed by atoms with E-state index in [2.05, 4.69) is 41.0 Å². The molecular formula is C19H30N4O2S. The van der Waals surface area contributed by atoms with Crippen LogP contribution in [0.5, 0.6) is 0 Å². The minimum Gasteiger partial charge on any atom is -0.308 e. The van der Waals surface area contributed by atoms with Crippen LogP contribution in [0, 0.1) is 0 Å². The summed E-state index contributed by atoms with van der Waals surface area (Å²) in [5.74, 6) is 0. The third kappa shape index (κ3) is 5.40. The fourth-order valence-corrected chi connectivity index (χ4v) is 4.46. The molecule has 7 heteroatoms. The first-order valence-corrected chi connectivity index (χ1v) is 10.2. The molecule has 0 atom stereocenters. The fourth-order valence-electron chi connectivity index (χ4n) is 2.80. The van der Waals surface area contributed by atoms with E-state index in [0.717, 1.165) is 16.8 Å². The van der Waals surface area contributed by atoms with Gasteiger partial charge in [-0.15, -0.1) is 0 Å². The molecular weight excluding hydrogens is 348 g/mol. The summed E-state index contributed by atoms with van der Waals surface area (Å²) in [4.78, 5) is 0.311. The summed E-state index contributed by atoms with van der Waals surface area (Å²) in [6.45, 7) is 13.0. The Labute approximate surface area is 156 Å². The SMILES string of the molecule is CC(C)(C)NS(=O)(=O)c1ccccc1CNCc1cn[nH]c1C(C)(C)C. The topological polar surface area (TPSA) is 86.9 Å². The number of sulfonamides is 1. The number of nitrogens with zero attached hydrogens (tertiary/aromatic N) is 1. The van der Waals surface area contributed by atoms with Crippen molar-refractivity contribution in [2.75, 3.05) is 0 Å². The molecule has 0 aliphatic rings. The van der Waals surface area contributed by atoms with Gasteiger partial charge in [-0.2, -0.15) is 5.10 Å². The maximum atomic E-state index is 12.7. The molecule has 1 heterocycles. The highest BCUT2D eigenvalue weighted by atomic mass is 32.2. The summed E-state index contributed by atoms with van der Waals surface area (Å²) in [6.07, 6.45) is 1.82. The Morgan fingerprint density at radius 3 is 2.23 bits per heavy atom. The van der Waals surface area contributed by atoms with Gasteiger partial charge in [0.15, 0.2) is 0 Å². The summed E-state index contributed by atoms with van der Waals surface area (Å²) >= 11 is 0. The number of rotatable bonds is 6. The molecule has 0 fully saturated rings. The van der Waals surface area contributed by atoms with Crippen molar-refractivity contribution in [2.45, 2.75) is 70.5 Å². The molecule has 0 spiro atoms.